The summed E-state index contributed by atoms with van der Waals surface area (Å²) in [6.45, 7) is 4.59. The second kappa shape index (κ2) is 7.57. The first-order valence-corrected chi connectivity index (χ1v) is 10.2. The Balaban J connectivity index is 1.60. The Kier molecular flexibility index (Phi) is 4.99. The van der Waals surface area contributed by atoms with Crippen molar-refractivity contribution in [2.45, 2.75) is 32.4 Å². The molecule has 1 aliphatic heterocycles. The van der Waals surface area contributed by atoms with Gasteiger partial charge in [0.2, 0.25) is 0 Å². The zero-order chi connectivity index (χ0) is 18.8. The van der Waals surface area contributed by atoms with Crippen LogP contribution in [0.5, 0.6) is 5.75 Å². The predicted octanol–water partition coefficient (Wildman–Crippen LogP) is 5.00. The van der Waals surface area contributed by atoms with Crippen LogP contribution in [0.2, 0.25) is 0 Å². The molecule has 2 aromatic carbocycles. The first-order chi connectivity index (χ1) is 13.1. The summed E-state index contributed by atoms with van der Waals surface area (Å²) in [5.74, 6) is 0.757. The van der Waals surface area contributed by atoms with Crippen molar-refractivity contribution in [3.63, 3.8) is 0 Å². The molecule has 2 atom stereocenters. The first kappa shape index (κ1) is 17.8. The Bertz CT molecular complexity index is 917. The molecular formula is C23H23NO2S. The second-order valence-corrected chi connectivity index (χ2v) is 7.97. The Labute approximate surface area is 164 Å². The van der Waals surface area contributed by atoms with Gasteiger partial charge >= 0.3 is 0 Å². The minimum Gasteiger partial charge on any atom is -0.481 e. The lowest BCUT2D eigenvalue weighted by Gasteiger charge is -2.37. The maximum absolute atomic E-state index is 13.3. The highest BCUT2D eigenvalue weighted by molar-refractivity contribution is 7.10. The van der Waals surface area contributed by atoms with E-state index in [0.29, 0.717) is 6.54 Å². The van der Waals surface area contributed by atoms with Crippen LogP contribution >= 0.6 is 11.3 Å². The fraction of sp³-hybridized carbons (Fsp3) is 0.261. The number of aryl methyl sites for hydroxylation is 1. The average Bonchev–Trinajstić information content (AvgIpc) is 3.18. The summed E-state index contributed by atoms with van der Waals surface area (Å²) >= 11 is 1.78. The van der Waals surface area contributed by atoms with Crippen molar-refractivity contribution in [2.24, 2.45) is 0 Å². The summed E-state index contributed by atoms with van der Waals surface area (Å²) in [7, 11) is 0. The number of nitrogens with zero attached hydrogens (tertiary/aromatic N) is 1. The van der Waals surface area contributed by atoms with Crippen molar-refractivity contribution >= 4 is 17.2 Å². The molecule has 0 unspecified atom stereocenters. The SMILES string of the molecule is Cc1ccc(O[C@@H](C)C(=O)N2CCc3sccc3[C@@H]2c2ccccc2)cc1. The first-order valence-electron chi connectivity index (χ1n) is 9.28. The molecule has 4 rings (SSSR count). The summed E-state index contributed by atoms with van der Waals surface area (Å²) in [5, 5.41) is 2.13. The largest absolute Gasteiger partial charge is 0.481 e. The van der Waals surface area contributed by atoms with Crippen LogP contribution in [-0.2, 0) is 11.2 Å². The molecule has 27 heavy (non-hydrogen) atoms. The second-order valence-electron chi connectivity index (χ2n) is 6.97. The molecule has 0 aliphatic carbocycles. The molecule has 0 N–H and O–H groups in total. The van der Waals surface area contributed by atoms with E-state index < -0.39 is 6.10 Å². The molecule has 1 aromatic heterocycles. The van der Waals surface area contributed by atoms with Crippen LogP contribution < -0.4 is 4.74 Å². The van der Waals surface area contributed by atoms with Gasteiger partial charge in [-0.2, -0.15) is 0 Å². The summed E-state index contributed by atoms with van der Waals surface area (Å²) in [6, 6.07) is 20.2. The normalized spacial score (nSPS) is 17.3. The van der Waals surface area contributed by atoms with Crippen LogP contribution in [-0.4, -0.2) is 23.5 Å². The smallest absolute Gasteiger partial charge is 0.264 e. The molecule has 0 bridgehead atoms. The van der Waals surface area contributed by atoms with Gasteiger partial charge in [0, 0.05) is 11.4 Å². The molecular weight excluding hydrogens is 354 g/mol. The van der Waals surface area contributed by atoms with E-state index in [4.69, 9.17) is 4.74 Å². The van der Waals surface area contributed by atoms with Gasteiger partial charge in [0.25, 0.3) is 5.91 Å². The van der Waals surface area contributed by atoms with E-state index in [1.807, 2.05) is 61.2 Å². The maximum atomic E-state index is 13.3. The number of carbonyl (C=O) groups is 1. The van der Waals surface area contributed by atoms with Gasteiger partial charge in [0.1, 0.15) is 5.75 Å². The standard InChI is InChI=1S/C23H23NO2S/c1-16-8-10-19(11-9-16)26-17(2)23(25)24-14-12-21-20(13-15-27-21)22(24)18-6-4-3-5-7-18/h3-11,13,15,17,22H,12,14H2,1-2H3/t17-,22-/m0/s1. The van der Waals surface area contributed by atoms with Crippen molar-refractivity contribution < 1.29 is 9.53 Å². The monoisotopic (exact) mass is 377 g/mol. The van der Waals surface area contributed by atoms with Gasteiger partial charge in [0.15, 0.2) is 6.10 Å². The van der Waals surface area contributed by atoms with Crippen LogP contribution in [0.25, 0.3) is 0 Å². The molecule has 3 aromatic rings. The highest BCUT2D eigenvalue weighted by Crippen LogP contribution is 2.38. The van der Waals surface area contributed by atoms with Gasteiger partial charge in [-0.3, -0.25) is 4.79 Å². The summed E-state index contributed by atoms with van der Waals surface area (Å²) in [6.07, 6.45) is 0.374. The highest BCUT2D eigenvalue weighted by Gasteiger charge is 2.35. The van der Waals surface area contributed by atoms with Crippen molar-refractivity contribution in [3.05, 3.63) is 87.6 Å². The average molecular weight is 378 g/mol. The van der Waals surface area contributed by atoms with Gasteiger partial charge in [-0.25, -0.2) is 0 Å². The summed E-state index contributed by atoms with van der Waals surface area (Å²) in [4.78, 5) is 16.6. The van der Waals surface area contributed by atoms with Gasteiger partial charge in [0.05, 0.1) is 6.04 Å². The molecule has 4 heteroatoms. The van der Waals surface area contributed by atoms with E-state index in [9.17, 15) is 4.79 Å². The Morgan fingerprint density at radius 1 is 1.11 bits per heavy atom. The number of carbonyl (C=O) groups excluding carboxylic acids is 1. The molecule has 0 fully saturated rings. The van der Waals surface area contributed by atoms with Crippen molar-refractivity contribution in [1.29, 1.82) is 0 Å². The van der Waals surface area contributed by atoms with E-state index in [0.717, 1.165) is 17.7 Å². The van der Waals surface area contributed by atoms with Gasteiger partial charge in [-0.15, -0.1) is 11.3 Å². The number of fused-ring (bicyclic) bond motifs is 1. The van der Waals surface area contributed by atoms with E-state index in [-0.39, 0.29) is 11.9 Å². The number of benzene rings is 2. The van der Waals surface area contributed by atoms with Crippen LogP contribution in [0.15, 0.2) is 66.0 Å². The maximum Gasteiger partial charge on any atom is 0.264 e. The fourth-order valence-corrected chi connectivity index (χ4v) is 4.56. The summed E-state index contributed by atoms with van der Waals surface area (Å²) < 4.78 is 5.95. The van der Waals surface area contributed by atoms with Crippen molar-refractivity contribution in [3.8, 4) is 5.75 Å². The van der Waals surface area contributed by atoms with E-state index in [1.54, 1.807) is 11.3 Å². The van der Waals surface area contributed by atoms with Crippen LogP contribution in [0.3, 0.4) is 0 Å². The number of hydrogen-bond acceptors (Lipinski definition) is 3. The third-order valence-corrected chi connectivity index (χ3v) is 6.04. The van der Waals surface area contributed by atoms with E-state index in [1.165, 1.54) is 16.0 Å². The van der Waals surface area contributed by atoms with Crippen LogP contribution in [0, 0.1) is 6.92 Å². The number of amides is 1. The molecule has 0 spiro atoms. The number of hydrogen-bond donors (Lipinski definition) is 0. The molecule has 1 amide bonds. The number of thiophene rings is 1. The third-order valence-electron chi connectivity index (χ3n) is 5.05. The van der Waals surface area contributed by atoms with Crippen molar-refractivity contribution in [1.82, 2.24) is 4.90 Å². The number of ether oxygens (including phenoxy) is 1. The zero-order valence-corrected chi connectivity index (χ0v) is 16.4. The predicted molar refractivity (Wildman–Crippen MR) is 109 cm³/mol. The minimum absolute atomic E-state index is 0.0290. The number of rotatable bonds is 4. The van der Waals surface area contributed by atoms with Crippen LogP contribution in [0.4, 0.5) is 0 Å². The van der Waals surface area contributed by atoms with Crippen molar-refractivity contribution in [2.75, 3.05) is 6.54 Å². The molecule has 1 aliphatic rings. The van der Waals surface area contributed by atoms with Gasteiger partial charge in [-0.05, 0) is 55.0 Å². The summed E-state index contributed by atoms with van der Waals surface area (Å²) in [5.41, 5.74) is 3.56. The Morgan fingerprint density at radius 3 is 2.59 bits per heavy atom. The Hall–Kier alpha value is -2.59. The molecule has 0 radical (unpaired) electrons. The minimum atomic E-state index is -0.529. The topological polar surface area (TPSA) is 29.5 Å². The molecule has 0 saturated heterocycles. The lowest BCUT2D eigenvalue weighted by molar-refractivity contribution is -0.140. The van der Waals surface area contributed by atoms with Gasteiger partial charge < -0.3 is 9.64 Å². The zero-order valence-electron chi connectivity index (χ0n) is 15.6. The van der Waals surface area contributed by atoms with Crippen LogP contribution in [0.1, 0.15) is 34.5 Å². The fourth-order valence-electron chi connectivity index (χ4n) is 3.65. The lowest BCUT2D eigenvalue weighted by Crippen LogP contribution is -2.46. The molecule has 2 heterocycles. The van der Waals surface area contributed by atoms with E-state index >= 15 is 0 Å². The molecule has 0 saturated carbocycles. The lowest BCUT2D eigenvalue weighted by atomic mass is 9.93. The van der Waals surface area contributed by atoms with Gasteiger partial charge in [-0.1, -0.05) is 48.0 Å². The Morgan fingerprint density at radius 2 is 1.85 bits per heavy atom. The van der Waals surface area contributed by atoms with E-state index in [2.05, 4.69) is 23.6 Å². The molecule has 138 valence electrons. The quantitative estimate of drug-likeness (QED) is 0.640. The third kappa shape index (κ3) is 3.62. The highest BCUT2D eigenvalue weighted by atomic mass is 32.1. The molecule has 3 nitrogen and oxygen atoms in total.